The van der Waals surface area contributed by atoms with Crippen LogP contribution >= 0.6 is 0 Å². The molecule has 0 heterocycles. The molecule has 0 bridgehead atoms. The largest absolute Gasteiger partial charge is 0.469 e. The van der Waals surface area contributed by atoms with Crippen molar-refractivity contribution in [3.05, 3.63) is 0 Å². The fraction of sp³-hybridized carbons (Fsp3) is 0.818. The maximum absolute atomic E-state index is 11.3. The van der Waals surface area contributed by atoms with Crippen LogP contribution in [0.2, 0.25) is 0 Å². The van der Waals surface area contributed by atoms with Crippen LogP contribution in [0.5, 0.6) is 0 Å². The number of carbonyl (C=O) groups excluding carboxylic acids is 2. The molecule has 0 rings (SSSR count). The monoisotopic (exact) mass is 215 g/mol. The first kappa shape index (κ1) is 13.9. The van der Waals surface area contributed by atoms with Gasteiger partial charge in [0.25, 0.3) is 0 Å². The molecule has 1 amide bonds. The minimum atomic E-state index is -0.260. The van der Waals surface area contributed by atoms with E-state index in [0.717, 1.165) is 19.4 Å². The molecule has 88 valence electrons. The van der Waals surface area contributed by atoms with Gasteiger partial charge in [0, 0.05) is 19.4 Å². The summed E-state index contributed by atoms with van der Waals surface area (Å²) in [6.07, 6.45) is 2.76. The van der Waals surface area contributed by atoms with Gasteiger partial charge in [-0.25, -0.2) is 0 Å². The smallest absolute Gasteiger partial charge is 0.305 e. The third kappa shape index (κ3) is 7.97. The van der Waals surface area contributed by atoms with Gasteiger partial charge in [-0.05, 0) is 12.3 Å². The van der Waals surface area contributed by atoms with Gasteiger partial charge in [0.15, 0.2) is 0 Å². The maximum Gasteiger partial charge on any atom is 0.305 e. The number of ether oxygens (including phenoxy) is 1. The second-order valence-electron chi connectivity index (χ2n) is 3.79. The third-order valence-electron chi connectivity index (χ3n) is 2.13. The summed E-state index contributed by atoms with van der Waals surface area (Å²) >= 11 is 0. The van der Waals surface area contributed by atoms with Gasteiger partial charge in [0.05, 0.1) is 7.11 Å². The van der Waals surface area contributed by atoms with Crippen LogP contribution in [0.25, 0.3) is 0 Å². The first-order valence-corrected chi connectivity index (χ1v) is 5.43. The molecule has 0 aliphatic carbocycles. The van der Waals surface area contributed by atoms with Crippen molar-refractivity contribution in [1.29, 1.82) is 0 Å². The molecule has 4 heteroatoms. The highest BCUT2D eigenvalue weighted by molar-refractivity contribution is 5.77. The minimum absolute atomic E-state index is 0.0138. The van der Waals surface area contributed by atoms with Gasteiger partial charge in [0.2, 0.25) is 5.91 Å². The van der Waals surface area contributed by atoms with Crippen LogP contribution in [-0.2, 0) is 14.3 Å². The zero-order chi connectivity index (χ0) is 11.7. The third-order valence-corrected chi connectivity index (χ3v) is 2.13. The standard InChI is InChI=1S/C11H21NO3/c1-4-5-6-12-10(13)7-9(2)8-11(14)15-3/h9H,4-8H2,1-3H3,(H,12,13)/t9-/m0/s1. The molecule has 4 nitrogen and oxygen atoms in total. The molecule has 0 fully saturated rings. The molecule has 1 N–H and O–H groups in total. The highest BCUT2D eigenvalue weighted by Gasteiger charge is 2.12. The molecular formula is C11H21NO3. The predicted octanol–water partition coefficient (Wildman–Crippen LogP) is 1.49. The molecule has 0 aromatic rings. The van der Waals surface area contributed by atoms with Crippen LogP contribution in [0.3, 0.4) is 0 Å². The number of nitrogens with one attached hydrogen (secondary N) is 1. The zero-order valence-corrected chi connectivity index (χ0v) is 9.84. The van der Waals surface area contributed by atoms with E-state index in [1.807, 2.05) is 6.92 Å². The highest BCUT2D eigenvalue weighted by atomic mass is 16.5. The topological polar surface area (TPSA) is 55.4 Å². The number of hydrogen-bond acceptors (Lipinski definition) is 3. The van der Waals surface area contributed by atoms with Gasteiger partial charge in [-0.2, -0.15) is 0 Å². The molecule has 0 saturated heterocycles. The van der Waals surface area contributed by atoms with Gasteiger partial charge in [-0.15, -0.1) is 0 Å². The van der Waals surface area contributed by atoms with E-state index in [-0.39, 0.29) is 17.8 Å². The van der Waals surface area contributed by atoms with Crippen LogP contribution in [0.4, 0.5) is 0 Å². The lowest BCUT2D eigenvalue weighted by molar-refractivity contribution is -0.141. The average molecular weight is 215 g/mol. The Hall–Kier alpha value is -1.06. The van der Waals surface area contributed by atoms with E-state index in [1.165, 1.54) is 7.11 Å². The molecule has 0 radical (unpaired) electrons. The van der Waals surface area contributed by atoms with Gasteiger partial charge >= 0.3 is 5.97 Å². The van der Waals surface area contributed by atoms with Crippen LogP contribution < -0.4 is 5.32 Å². The van der Waals surface area contributed by atoms with Crippen molar-refractivity contribution in [2.75, 3.05) is 13.7 Å². The maximum atomic E-state index is 11.3. The lowest BCUT2D eigenvalue weighted by Gasteiger charge is -2.09. The van der Waals surface area contributed by atoms with Crippen molar-refractivity contribution in [1.82, 2.24) is 5.32 Å². The molecule has 0 saturated carbocycles. The lowest BCUT2D eigenvalue weighted by Crippen LogP contribution is -2.26. The van der Waals surface area contributed by atoms with E-state index >= 15 is 0 Å². The number of hydrogen-bond donors (Lipinski definition) is 1. The first-order valence-electron chi connectivity index (χ1n) is 5.43. The molecule has 0 aromatic carbocycles. The van der Waals surface area contributed by atoms with E-state index in [0.29, 0.717) is 12.8 Å². The van der Waals surface area contributed by atoms with Gasteiger partial charge < -0.3 is 10.1 Å². The fourth-order valence-electron chi connectivity index (χ4n) is 1.23. The molecular weight excluding hydrogens is 194 g/mol. The van der Waals surface area contributed by atoms with E-state index in [4.69, 9.17) is 0 Å². The average Bonchev–Trinajstić information content (AvgIpc) is 2.17. The summed E-state index contributed by atoms with van der Waals surface area (Å²) in [6, 6.07) is 0. The first-order chi connectivity index (χ1) is 7.10. The van der Waals surface area contributed by atoms with Crippen LogP contribution in [0, 0.1) is 5.92 Å². The predicted molar refractivity (Wildman–Crippen MR) is 58.3 cm³/mol. The van der Waals surface area contributed by atoms with Crippen LogP contribution in [0.15, 0.2) is 0 Å². The SMILES string of the molecule is CCCCNC(=O)C[C@H](C)CC(=O)OC. The Bertz CT molecular complexity index is 204. The number of rotatable bonds is 7. The Labute approximate surface area is 91.4 Å². The number of carbonyl (C=O) groups is 2. The Morgan fingerprint density at radius 2 is 2.00 bits per heavy atom. The van der Waals surface area contributed by atoms with E-state index in [1.54, 1.807) is 0 Å². The van der Waals surface area contributed by atoms with E-state index in [9.17, 15) is 9.59 Å². The van der Waals surface area contributed by atoms with Gasteiger partial charge in [0.1, 0.15) is 0 Å². The highest BCUT2D eigenvalue weighted by Crippen LogP contribution is 2.07. The molecule has 0 spiro atoms. The normalized spacial score (nSPS) is 11.9. The van der Waals surface area contributed by atoms with Gasteiger partial charge in [-0.1, -0.05) is 20.3 Å². The Morgan fingerprint density at radius 3 is 2.53 bits per heavy atom. The van der Waals surface area contributed by atoms with Crippen LogP contribution in [-0.4, -0.2) is 25.5 Å². The van der Waals surface area contributed by atoms with Crippen molar-refractivity contribution >= 4 is 11.9 Å². The molecule has 0 unspecified atom stereocenters. The molecule has 0 aromatic heterocycles. The van der Waals surface area contributed by atoms with Crippen molar-refractivity contribution in [3.8, 4) is 0 Å². The van der Waals surface area contributed by atoms with Crippen molar-refractivity contribution in [2.24, 2.45) is 5.92 Å². The van der Waals surface area contributed by atoms with Crippen LogP contribution in [0.1, 0.15) is 39.5 Å². The quantitative estimate of drug-likeness (QED) is 0.517. The molecule has 0 aliphatic rings. The summed E-state index contributed by atoms with van der Waals surface area (Å²) in [5.74, 6) is -0.206. The molecule has 15 heavy (non-hydrogen) atoms. The second kappa shape index (κ2) is 8.26. The summed E-state index contributed by atoms with van der Waals surface area (Å²) < 4.78 is 4.53. The Morgan fingerprint density at radius 1 is 1.33 bits per heavy atom. The van der Waals surface area contributed by atoms with E-state index < -0.39 is 0 Å². The summed E-state index contributed by atoms with van der Waals surface area (Å²) in [4.78, 5) is 22.2. The van der Waals surface area contributed by atoms with Crippen molar-refractivity contribution < 1.29 is 14.3 Å². The van der Waals surface area contributed by atoms with Crippen molar-refractivity contribution in [3.63, 3.8) is 0 Å². The number of unbranched alkanes of at least 4 members (excludes halogenated alkanes) is 1. The fourth-order valence-corrected chi connectivity index (χ4v) is 1.23. The second-order valence-corrected chi connectivity index (χ2v) is 3.79. The summed E-state index contributed by atoms with van der Waals surface area (Å²) in [5, 5.41) is 2.81. The van der Waals surface area contributed by atoms with Gasteiger partial charge in [-0.3, -0.25) is 9.59 Å². The summed E-state index contributed by atoms with van der Waals surface area (Å²) in [7, 11) is 1.36. The van der Waals surface area contributed by atoms with Crippen molar-refractivity contribution in [2.45, 2.75) is 39.5 Å². The molecule has 0 aliphatic heterocycles. The summed E-state index contributed by atoms with van der Waals surface area (Å²) in [5.41, 5.74) is 0. The summed E-state index contributed by atoms with van der Waals surface area (Å²) in [6.45, 7) is 4.67. The minimum Gasteiger partial charge on any atom is -0.469 e. The number of methoxy groups -OCH3 is 1. The number of amides is 1. The number of esters is 1. The Kier molecular flexibility index (Phi) is 7.68. The van der Waals surface area contributed by atoms with E-state index in [2.05, 4.69) is 17.0 Å². The zero-order valence-electron chi connectivity index (χ0n) is 9.84. The lowest BCUT2D eigenvalue weighted by atomic mass is 10.0. The molecule has 1 atom stereocenters. The Balaban J connectivity index is 3.62.